The van der Waals surface area contributed by atoms with Crippen LogP contribution in [0, 0.1) is 5.92 Å². The van der Waals surface area contributed by atoms with Crippen molar-refractivity contribution in [1.82, 2.24) is 10.6 Å². The third kappa shape index (κ3) is 5.74. The molecule has 1 saturated heterocycles. The minimum absolute atomic E-state index is 0. The van der Waals surface area contributed by atoms with E-state index in [1.807, 2.05) is 12.1 Å². The van der Waals surface area contributed by atoms with Gasteiger partial charge in [-0.15, -0.1) is 24.0 Å². The topological polar surface area (TPSA) is 54.9 Å². The van der Waals surface area contributed by atoms with Crippen LogP contribution >= 0.6 is 24.0 Å². The van der Waals surface area contributed by atoms with Crippen molar-refractivity contribution in [2.75, 3.05) is 40.0 Å². The summed E-state index contributed by atoms with van der Waals surface area (Å²) in [6.07, 6.45) is 4.70. The molecule has 0 atom stereocenters. The molecule has 0 bridgehead atoms. The Morgan fingerprint density at radius 1 is 1.19 bits per heavy atom. The predicted molar refractivity (Wildman–Crippen MR) is 117 cm³/mol. The van der Waals surface area contributed by atoms with Crippen LogP contribution in [0.3, 0.4) is 0 Å². The molecule has 0 unspecified atom stereocenters. The van der Waals surface area contributed by atoms with E-state index in [1.54, 1.807) is 7.11 Å². The number of hydrogen-bond acceptors (Lipinski definition) is 3. The maximum atomic E-state index is 5.63. The molecule has 0 spiro atoms. The van der Waals surface area contributed by atoms with Gasteiger partial charge in [-0.1, -0.05) is 12.1 Å². The highest BCUT2D eigenvalue weighted by Crippen LogP contribution is 2.36. The lowest BCUT2D eigenvalue weighted by molar-refractivity contribution is 0.0531. The largest absolute Gasteiger partial charge is 0.497 e. The van der Waals surface area contributed by atoms with Gasteiger partial charge in [-0.25, -0.2) is 0 Å². The third-order valence-electron chi connectivity index (χ3n) is 5.29. The van der Waals surface area contributed by atoms with Gasteiger partial charge >= 0.3 is 0 Å². The molecule has 1 heterocycles. The number of aliphatic imine (C=N–C) groups is 1. The molecule has 146 valence electrons. The Balaban J connectivity index is 0.00000243. The molecular formula is C20H32IN3O2. The SMILES string of the molecule is CCNC(=NCC1(c2ccc(OC)cc2)CCOCC1)NCC1CC1.I. The fourth-order valence-electron chi connectivity index (χ4n) is 3.38. The van der Waals surface area contributed by atoms with E-state index in [4.69, 9.17) is 14.5 Å². The van der Waals surface area contributed by atoms with E-state index in [9.17, 15) is 0 Å². The molecule has 1 aromatic rings. The molecule has 1 aliphatic heterocycles. The summed E-state index contributed by atoms with van der Waals surface area (Å²) in [5.74, 6) is 2.67. The highest BCUT2D eigenvalue weighted by molar-refractivity contribution is 14.0. The molecule has 6 heteroatoms. The summed E-state index contributed by atoms with van der Waals surface area (Å²) < 4.78 is 10.9. The van der Waals surface area contributed by atoms with Gasteiger partial charge in [-0.3, -0.25) is 4.99 Å². The molecular weight excluding hydrogens is 441 g/mol. The van der Waals surface area contributed by atoms with Gasteiger partial charge in [0.25, 0.3) is 0 Å². The lowest BCUT2D eigenvalue weighted by atomic mass is 9.74. The number of ether oxygens (including phenoxy) is 2. The molecule has 1 aromatic carbocycles. The first kappa shape index (κ1) is 21.3. The Hall–Kier alpha value is -1.02. The number of hydrogen-bond donors (Lipinski definition) is 2. The van der Waals surface area contributed by atoms with Crippen molar-refractivity contribution >= 4 is 29.9 Å². The van der Waals surface area contributed by atoms with Gasteiger partial charge in [0.1, 0.15) is 5.75 Å². The van der Waals surface area contributed by atoms with E-state index in [0.717, 1.165) is 63.3 Å². The van der Waals surface area contributed by atoms with Gasteiger partial charge in [0.05, 0.1) is 13.7 Å². The van der Waals surface area contributed by atoms with Crippen molar-refractivity contribution in [3.05, 3.63) is 29.8 Å². The van der Waals surface area contributed by atoms with E-state index in [-0.39, 0.29) is 29.4 Å². The van der Waals surface area contributed by atoms with Crippen molar-refractivity contribution < 1.29 is 9.47 Å². The quantitative estimate of drug-likeness (QED) is 0.363. The first-order valence-electron chi connectivity index (χ1n) is 9.50. The average molecular weight is 473 g/mol. The van der Waals surface area contributed by atoms with E-state index in [2.05, 4.69) is 29.7 Å². The van der Waals surface area contributed by atoms with Crippen LogP contribution in [0.25, 0.3) is 0 Å². The van der Waals surface area contributed by atoms with Gasteiger partial charge in [0.2, 0.25) is 0 Å². The van der Waals surface area contributed by atoms with Gasteiger partial charge < -0.3 is 20.1 Å². The minimum Gasteiger partial charge on any atom is -0.497 e. The standard InChI is InChI=1S/C20H31N3O2.HI/c1-3-21-19(22-14-16-4-5-16)23-15-20(10-12-25-13-11-20)17-6-8-18(24-2)9-7-17;/h6-9,16H,3-5,10-15H2,1-2H3,(H2,21,22,23);1H. The molecule has 26 heavy (non-hydrogen) atoms. The van der Waals surface area contributed by atoms with Crippen LogP contribution in [0.5, 0.6) is 5.75 Å². The first-order chi connectivity index (χ1) is 12.3. The van der Waals surface area contributed by atoms with E-state index >= 15 is 0 Å². The zero-order valence-corrected chi connectivity index (χ0v) is 18.3. The zero-order chi connectivity index (χ0) is 17.5. The van der Waals surface area contributed by atoms with Crippen LogP contribution in [0.15, 0.2) is 29.3 Å². The normalized spacial score (nSPS) is 19.4. The Morgan fingerprint density at radius 2 is 1.88 bits per heavy atom. The highest BCUT2D eigenvalue weighted by Gasteiger charge is 2.34. The molecule has 3 rings (SSSR count). The second kappa shape index (κ2) is 10.3. The number of rotatable bonds is 7. The lowest BCUT2D eigenvalue weighted by Gasteiger charge is -2.36. The monoisotopic (exact) mass is 473 g/mol. The van der Waals surface area contributed by atoms with E-state index < -0.39 is 0 Å². The summed E-state index contributed by atoms with van der Waals surface area (Å²) in [6.45, 7) is 6.41. The maximum absolute atomic E-state index is 5.63. The fourth-order valence-corrected chi connectivity index (χ4v) is 3.38. The van der Waals surface area contributed by atoms with Crippen molar-refractivity contribution in [2.24, 2.45) is 10.9 Å². The smallest absolute Gasteiger partial charge is 0.191 e. The number of guanidine groups is 1. The van der Waals surface area contributed by atoms with E-state index in [1.165, 1.54) is 18.4 Å². The van der Waals surface area contributed by atoms with Crippen molar-refractivity contribution in [2.45, 2.75) is 38.0 Å². The molecule has 0 aromatic heterocycles. The van der Waals surface area contributed by atoms with Crippen LogP contribution in [-0.2, 0) is 10.2 Å². The number of benzene rings is 1. The molecule has 0 radical (unpaired) electrons. The number of nitrogens with zero attached hydrogens (tertiary/aromatic N) is 1. The number of halogens is 1. The summed E-state index contributed by atoms with van der Waals surface area (Å²) in [5, 5.41) is 6.88. The molecule has 5 nitrogen and oxygen atoms in total. The number of nitrogens with one attached hydrogen (secondary N) is 2. The second-order valence-corrected chi connectivity index (χ2v) is 7.14. The average Bonchev–Trinajstić information content (AvgIpc) is 3.49. The van der Waals surface area contributed by atoms with Gasteiger partial charge in [-0.05, 0) is 56.2 Å². The Kier molecular flexibility index (Phi) is 8.47. The van der Waals surface area contributed by atoms with Crippen molar-refractivity contribution in [1.29, 1.82) is 0 Å². The molecule has 2 fully saturated rings. The summed E-state index contributed by atoms with van der Waals surface area (Å²) in [6, 6.07) is 8.47. The first-order valence-corrected chi connectivity index (χ1v) is 9.50. The maximum Gasteiger partial charge on any atom is 0.191 e. The third-order valence-corrected chi connectivity index (χ3v) is 5.29. The van der Waals surface area contributed by atoms with E-state index in [0.29, 0.717) is 0 Å². The molecule has 0 amide bonds. The Labute approximate surface area is 174 Å². The summed E-state index contributed by atoms with van der Waals surface area (Å²) >= 11 is 0. The predicted octanol–water partition coefficient (Wildman–Crippen LogP) is 3.33. The Bertz CT molecular complexity index is 567. The van der Waals surface area contributed by atoms with Crippen LogP contribution in [0.4, 0.5) is 0 Å². The highest BCUT2D eigenvalue weighted by atomic mass is 127. The van der Waals surface area contributed by atoms with Gasteiger partial charge in [0.15, 0.2) is 5.96 Å². The van der Waals surface area contributed by atoms with Crippen LogP contribution in [0.2, 0.25) is 0 Å². The second-order valence-electron chi connectivity index (χ2n) is 7.14. The summed E-state index contributed by atoms with van der Waals surface area (Å²) in [7, 11) is 1.71. The molecule has 2 N–H and O–H groups in total. The van der Waals surface area contributed by atoms with Gasteiger partial charge in [-0.2, -0.15) is 0 Å². The van der Waals surface area contributed by atoms with Crippen LogP contribution < -0.4 is 15.4 Å². The summed E-state index contributed by atoms with van der Waals surface area (Å²) in [4.78, 5) is 4.94. The fraction of sp³-hybridized carbons (Fsp3) is 0.650. The lowest BCUT2D eigenvalue weighted by Crippen LogP contribution is -2.41. The van der Waals surface area contributed by atoms with Crippen LogP contribution in [0.1, 0.15) is 38.2 Å². The van der Waals surface area contributed by atoms with Gasteiger partial charge in [0, 0.05) is 31.7 Å². The Morgan fingerprint density at radius 3 is 2.46 bits per heavy atom. The zero-order valence-electron chi connectivity index (χ0n) is 15.9. The van der Waals surface area contributed by atoms with Crippen molar-refractivity contribution in [3.63, 3.8) is 0 Å². The van der Waals surface area contributed by atoms with Crippen molar-refractivity contribution in [3.8, 4) is 5.75 Å². The minimum atomic E-state index is 0. The number of methoxy groups -OCH3 is 1. The summed E-state index contributed by atoms with van der Waals surface area (Å²) in [5.41, 5.74) is 1.38. The van der Waals surface area contributed by atoms with Crippen LogP contribution in [-0.4, -0.2) is 45.9 Å². The molecule has 2 aliphatic rings. The molecule has 1 aliphatic carbocycles. The molecule has 1 saturated carbocycles.